The van der Waals surface area contributed by atoms with E-state index in [1.54, 1.807) is 0 Å². The zero-order valence-corrected chi connectivity index (χ0v) is 5.92. The highest BCUT2D eigenvalue weighted by atomic mass is 16.3. The van der Waals surface area contributed by atoms with Gasteiger partial charge in [-0.05, 0) is 31.1 Å². The Morgan fingerprint density at radius 1 is 1.40 bits per heavy atom. The van der Waals surface area contributed by atoms with Crippen molar-refractivity contribution in [2.75, 3.05) is 0 Å². The molecule has 0 unspecified atom stereocenters. The molecule has 3 atom stereocenters. The summed E-state index contributed by atoms with van der Waals surface area (Å²) in [6.45, 7) is 0. The van der Waals surface area contributed by atoms with Gasteiger partial charge < -0.3 is 5.11 Å². The summed E-state index contributed by atoms with van der Waals surface area (Å²) >= 11 is 0. The summed E-state index contributed by atoms with van der Waals surface area (Å²) in [5.74, 6) is 1.01. The average molecular weight is 140 g/mol. The molecule has 0 saturated heterocycles. The number of ketones is 1. The molecule has 56 valence electrons. The van der Waals surface area contributed by atoms with Crippen molar-refractivity contribution < 1.29 is 9.90 Å². The van der Waals surface area contributed by atoms with E-state index in [0.717, 1.165) is 19.3 Å². The second-order valence-electron chi connectivity index (χ2n) is 3.55. The Hall–Kier alpha value is -0.370. The van der Waals surface area contributed by atoms with Gasteiger partial charge in [-0.2, -0.15) is 0 Å². The maximum atomic E-state index is 11.0. The summed E-state index contributed by atoms with van der Waals surface area (Å²) in [5, 5.41) is 9.31. The molecular formula is C8H12O2. The third-order valence-corrected chi connectivity index (χ3v) is 2.85. The maximum absolute atomic E-state index is 11.0. The third kappa shape index (κ3) is 0.788. The van der Waals surface area contributed by atoms with Crippen LogP contribution in [0, 0.1) is 11.8 Å². The molecule has 2 heteroatoms. The summed E-state index contributed by atoms with van der Waals surface area (Å²) in [7, 11) is 0. The van der Waals surface area contributed by atoms with Crippen LogP contribution in [0.3, 0.4) is 0 Å². The number of aliphatic hydroxyl groups is 1. The normalized spacial score (nSPS) is 46.1. The number of aliphatic hydroxyl groups excluding tert-OH is 1. The summed E-state index contributed by atoms with van der Waals surface area (Å²) in [6.07, 6.45) is 3.34. The van der Waals surface area contributed by atoms with Crippen molar-refractivity contribution >= 4 is 5.78 Å². The van der Waals surface area contributed by atoms with Crippen LogP contribution in [-0.2, 0) is 4.79 Å². The molecule has 2 aliphatic carbocycles. The Kier molecular flexibility index (Phi) is 1.31. The first kappa shape index (κ1) is 6.35. The van der Waals surface area contributed by atoms with Crippen LogP contribution in [0.1, 0.15) is 25.7 Å². The van der Waals surface area contributed by atoms with E-state index >= 15 is 0 Å². The average Bonchev–Trinajstić information content (AvgIpc) is 2.29. The van der Waals surface area contributed by atoms with E-state index in [0.29, 0.717) is 18.3 Å². The molecule has 0 spiro atoms. The first-order chi connectivity index (χ1) is 4.77. The van der Waals surface area contributed by atoms with Crippen molar-refractivity contribution in [3.05, 3.63) is 0 Å². The Labute approximate surface area is 60.2 Å². The van der Waals surface area contributed by atoms with Crippen molar-refractivity contribution in [2.24, 2.45) is 11.8 Å². The largest absolute Gasteiger partial charge is 0.385 e. The molecule has 0 aromatic carbocycles. The van der Waals surface area contributed by atoms with Gasteiger partial charge in [0.2, 0.25) is 0 Å². The van der Waals surface area contributed by atoms with Crippen molar-refractivity contribution in [3.8, 4) is 0 Å². The van der Waals surface area contributed by atoms with Gasteiger partial charge in [0.15, 0.2) is 5.78 Å². The van der Waals surface area contributed by atoms with Gasteiger partial charge in [-0.15, -0.1) is 0 Å². The minimum absolute atomic E-state index is 0.0822. The zero-order chi connectivity index (χ0) is 7.14. The Morgan fingerprint density at radius 2 is 2.20 bits per heavy atom. The molecule has 0 aromatic heterocycles. The molecular weight excluding hydrogens is 128 g/mol. The van der Waals surface area contributed by atoms with E-state index in [1.165, 1.54) is 0 Å². The fraction of sp³-hybridized carbons (Fsp3) is 0.875. The number of fused-ring (bicyclic) bond motifs is 2. The van der Waals surface area contributed by atoms with Gasteiger partial charge in [-0.25, -0.2) is 0 Å². The van der Waals surface area contributed by atoms with Gasteiger partial charge in [-0.3, -0.25) is 4.79 Å². The van der Waals surface area contributed by atoms with Gasteiger partial charge in [-0.1, -0.05) is 0 Å². The van der Waals surface area contributed by atoms with E-state index in [4.69, 9.17) is 0 Å². The van der Waals surface area contributed by atoms with Crippen molar-refractivity contribution in [2.45, 2.75) is 31.8 Å². The summed E-state index contributed by atoms with van der Waals surface area (Å²) < 4.78 is 0. The van der Waals surface area contributed by atoms with Crippen molar-refractivity contribution in [1.29, 1.82) is 0 Å². The lowest BCUT2D eigenvalue weighted by Crippen LogP contribution is -2.32. The van der Waals surface area contributed by atoms with Crippen molar-refractivity contribution in [1.82, 2.24) is 0 Å². The Balaban J connectivity index is 2.17. The number of hydrogen-bond donors (Lipinski definition) is 1. The van der Waals surface area contributed by atoms with Gasteiger partial charge in [0, 0.05) is 6.42 Å². The molecule has 2 saturated carbocycles. The van der Waals surface area contributed by atoms with Crippen LogP contribution in [0.5, 0.6) is 0 Å². The maximum Gasteiger partial charge on any atom is 0.161 e. The van der Waals surface area contributed by atoms with Crippen LogP contribution in [0.15, 0.2) is 0 Å². The van der Waals surface area contributed by atoms with Crippen LogP contribution in [0.2, 0.25) is 0 Å². The van der Waals surface area contributed by atoms with Gasteiger partial charge in [0.25, 0.3) is 0 Å². The molecule has 2 aliphatic rings. The third-order valence-electron chi connectivity index (χ3n) is 2.85. The smallest absolute Gasteiger partial charge is 0.161 e. The number of hydrogen-bond acceptors (Lipinski definition) is 2. The lowest BCUT2D eigenvalue weighted by atomic mass is 9.86. The molecule has 2 fully saturated rings. The highest BCUT2D eigenvalue weighted by molar-refractivity contribution is 5.84. The number of Topliss-reactive ketones (excluding diaryl/α,β-unsaturated/α-hetero) is 1. The summed E-state index contributed by atoms with van der Waals surface area (Å²) in [5.41, 5.74) is 0. The molecule has 0 heterocycles. The SMILES string of the molecule is O=C1C[C@H]2CC[C@H](C2)[C@@H]1O. The lowest BCUT2D eigenvalue weighted by molar-refractivity contribution is -0.132. The highest BCUT2D eigenvalue weighted by Crippen LogP contribution is 2.40. The van der Waals surface area contributed by atoms with E-state index < -0.39 is 6.10 Å². The monoisotopic (exact) mass is 140 g/mol. The predicted molar refractivity (Wildman–Crippen MR) is 36.5 cm³/mol. The molecule has 2 rings (SSSR count). The Bertz CT molecular complexity index is 165. The van der Waals surface area contributed by atoms with E-state index in [-0.39, 0.29) is 5.78 Å². The van der Waals surface area contributed by atoms with Gasteiger partial charge in [0.05, 0.1) is 0 Å². The van der Waals surface area contributed by atoms with Crippen LogP contribution < -0.4 is 0 Å². The first-order valence-electron chi connectivity index (χ1n) is 3.98. The molecule has 2 nitrogen and oxygen atoms in total. The second kappa shape index (κ2) is 2.06. The lowest BCUT2D eigenvalue weighted by Gasteiger charge is -2.22. The van der Waals surface area contributed by atoms with E-state index in [1.807, 2.05) is 0 Å². The predicted octanol–water partition coefficient (Wildman–Crippen LogP) is 0.736. The second-order valence-corrected chi connectivity index (χ2v) is 3.55. The zero-order valence-electron chi connectivity index (χ0n) is 5.92. The molecule has 0 aromatic rings. The van der Waals surface area contributed by atoms with Gasteiger partial charge >= 0.3 is 0 Å². The fourth-order valence-corrected chi connectivity index (χ4v) is 2.25. The van der Waals surface area contributed by atoms with Crippen LogP contribution in [0.4, 0.5) is 0 Å². The highest BCUT2D eigenvalue weighted by Gasteiger charge is 2.39. The molecule has 0 amide bonds. The van der Waals surface area contributed by atoms with Crippen LogP contribution in [0.25, 0.3) is 0 Å². The fourth-order valence-electron chi connectivity index (χ4n) is 2.25. The number of carbonyl (C=O) groups excluding carboxylic acids is 1. The number of carbonyl (C=O) groups is 1. The topological polar surface area (TPSA) is 37.3 Å². The molecule has 10 heavy (non-hydrogen) atoms. The van der Waals surface area contributed by atoms with E-state index in [9.17, 15) is 9.90 Å². The summed E-state index contributed by atoms with van der Waals surface area (Å²) in [4.78, 5) is 11.0. The quantitative estimate of drug-likeness (QED) is 0.538. The van der Waals surface area contributed by atoms with Crippen LogP contribution in [-0.4, -0.2) is 17.0 Å². The van der Waals surface area contributed by atoms with Gasteiger partial charge in [0.1, 0.15) is 6.10 Å². The summed E-state index contributed by atoms with van der Waals surface area (Å²) in [6, 6.07) is 0. The molecule has 0 aliphatic heterocycles. The molecule has 0 radical (unpaired) electrons. The molecule has 1 N–H and O–H groups in total. The van der Waals surface area contributed by atoms with E-state index in [2.05, 4.69) is 0 Å². The first-order valence-corrected chi connectivity index (χ1v) is 3.98. The molecule has 2 bridgehead atoms. The number of rotatable bonds is 0. The minimum Gasteiger partial charge on any atom is -0.385 e. The van der Waals surface area contributed by atoms with Crippen molar-refractivity contribution in [3.63, 3.8) is 0 Å². The van der Waals surface area contributed by atoms with Crippen LogP contribution >= 0.6 is 0 Å². The minimum atomic E-state index is -0.612. The Morgan fingerprint density at radius 3 is 3.00 bits per heavy atom. The standard InChI is InChI=1S/C8H12O2/c9-7-4-5-1-2-6(3-5)8(7)10/h5-6,8,10H,1-4H2/t5-,6+,8-/m0/s1.